The fraction of sp³-hybridized carbons (Fsp3) is 0.200. The van der Waals surface area contributed by atoms with E-state index in [9.17, 15) is 9.59 Å². The number of carbonyl (C=O) groups excluding carboxylic acids is 2. The number of ketones is 1. The van der Waals surface area contributed by atoms with E-state index in [1.807, 2.05) is 18.2 Å². The van der Waals surface area contributed by atoms with Crippen molar-refractivity contribution in [2.75, 3.05) is 31.6 Å². The first-order chi connectivity index (χ1) is 15.1. The molecule has 1 aliphatic rings. The minimum Gasteiger partial charge on any atom is -0.379 e. The van der Waals surface area contributed by atoms with Gasteiger partial charge in [-0.3, -0.25) is 14.5 Å². The lowest BCUT2D eigenvalue weighted by atomic mass is 10.0. The van der Waals surface area contributed by atoms with Crippen molar-refractivity contribution in [2.45, 2.75) is 6.54 Å². The number of benzene rings is 3. The first kappa shape index (κ1) is 21.2. The smallest absolute Gasteiger partial charge is 0.255 e. The molecular weight excluding hydrogens is 412 g/mol. The highest BCUT2D eigenvalue weighted by Crippen LogP contribution is 2.24. The summed E-state index contributed by atoms with van der Waals surface area (Å²) in [5.74, 6) is -0.471. The maximum absolute atomic E-state index is 12.9. The van der Waals surface area contributed by atoms with Crippen molar-refractivity contribution in [1.29, 1.82) is 0 Å². The van der Waals surface area contributed by atoms with Gasteiger partial charge in [0.1, 0.15) is 0 Å². The molecule has 3 aromatic rings. The zero-order chi connectivity index (χ0) is 21.6. The molecule has 0 aromatic heterocycles. The quantitative estimate of drug-likeness (QED) is 0.573. The first-order valence-electron chi connectivity index (χ1n) is 10.2. The molecule has 1 N–H and O–H groups in total. The number of morpholine rings is 1. The Morgan fingerprint density at radius 3 is 2.32 bits per heavy atom. The Balaban J connectivity index is 1.49. The topological polar surface area (TPSA) is 58.6 Å². The van der Waals surface area contributed by atoms with Crippen molar-refractivity contribution in [3.05, 3.63) is 100 Å². The van der Waals surface area contributed by atoms with Crippen LogP contribution >= 0.6 is 11.6 Å². The fourth-order valence-corrected chi connectivity index (χ4v) is 3.70. The molecule has 1 saturated heterocycles. The molecule has 31 heavy (non-hydrogen) atoms. The van der Waals surface area contributed by atoms with Gasteiger partial charge in [0.25, 0.3) is 5.91 Å². The van der Waals surface area contributed by atoms with Crippen LogP contribution in [0.1, 0.15) is 31.8 Å². The molecule has 5 nitrogen and oxygen atoms in total. The zero-order valence-corrected chi connectivity index (χ0v) is 17.8. The second kappa shape index (κ2) is 9.88. The molecule has 0 unspecified atom stereocenters. The predicted octanol–water partition coefficient (Wildman–Crippen LogP) is 4.66. The highest BCUT2D eigenvalue weighted by atomic mass is 35.5. The maximum atomic E-state index is 12.9. The van der Waals surface area contributed by atoms with Crippen LogP contribution in [-0.4, -0.2) is 42.9 Å². The number of nitrogens with zero attached hydrogens (tertiary/aromatic N) is 1. The summed E-state index contributed by atoms with van der Waals surface area (Å²) in [6.45, 7) is 4.17. The summed E-state index contributed by atoms with van der Waals surface area (Å²) in [7, 11) is 0. The lowest BCUT2D eigenvalue weighted by molar-refractivity contribution is 0.0342. The van der Waals surface area contributed by atoms with Gasteiger partial charge in [0.05, 0.1) is 18.9 Å². The molecule has 1 aliphatic heterocycles. The fourth-order valence-electron chi connectivity index (χ4n) is 3.53. The highest BCUT2D eigenvalue weighted by Gasteiger charge is 2.17. The Bertz CT molecular complexity index is 1060. The van der Waals surface area contributed by atoms with Gasteiger partial charge in [0.15, 0.2) is 5.78 Å². The molecule has 158 valence electrons. The van der Waals surface area contributed by atoms with E-state index in [0.29, 0.717) is 27.4 Å². The van der Waals surface area contributed by atoms with Crippen molar-refractivity contribution < 1.29 is 14.3 Å². The number of halogens is 1. The lowest BCUT2D eigenvalue weighted by Crippen LogP contribution is -2.35. The Labute approximate surface area is 186 Å². The van der Waals surface area contributed by atoms with Crippen LogP contribution in [0.25, 0.3) is 0 Å². The first-order valence-corrected chi connectivity index (χ1v) is 10.6. The van der Waals surface area contributed by atoms with Crippen LogP contribution in [-0.2, 0) is 11.3 Å². The minimum atomic E-state index is -0.276. The largest absolute Gasteiger partial charge is 0.379 e. The van der Waals surface area contributed by atoms with Gasteiger partial charge < -0.3 is 10.1 Å². The monoisotopic (exact) mass is 434 g/mol. The number of hydrogen-bond donors (Lipinski definition) is 1. The predicted molar refractivity (Wildman–Crippen MR) is 122 cm³/mol. The SMILES string of the molecule is O=C(Nc1ccc(Cl)cc1C(=O)c1ccccc1)c1ccc(CN2CCOCC2)cc1. The number of amides is 1. The van der Waals surface area contributed by atoms with Gasteiger partial charge in [-0.2, -0.15) is 0 Å². The number of carbonyl (C=O) groups is 2. The van der Waals surface area contributed by atoms with E-state index in [1.54, 1.807) is 54.6 Å². The summed E-state index contributed by atoms with van der Waals surface area (Å²) in [6.07, 6.45) is 0. The van der Waals surface area contributed by atoms with E-state index in [2.05, 4.69) is 10.2 Å². The Kier molecular flexibility index (Phi) is 6.77. The van der Waals surface area contributed by atoms with E-state index in [4.69, 9.17) is 16.3 Å². The normalized spacial score (nSPS) is 14.2. The molecule has 4 rings (SSSR count). The van der Waals surface area contributed by atoms with Gasteiger partial charge in [-0.05, 0) is 35.9 Å². The number of anilines is 1. The van der Waals surface area contributed by atoms with Crippen LogP contribution in [0.4, 0.5) is 5.69 Å². The standard InChI is InChI=1S/C25H23ClN2O3/c26-21-10-11-23(22(16-21)24(29)19-4-2-1-3-5-19)27-25(30)20-8-6-18(7-9-20)17-28-12-14-31-15-13-28/h1-11,16H,12-15,17H2,(H,27,30). The lowest BCUT2D eigenvalue weighted by Gasteiger charge is -2.26. The van der Waals surface area contributed by atoms with Crippen LogP contribution in [0.5, 0.6) is 0 Å². The summed E-state index contributed by atoms with van der Waals surface area (Å²) in [5, 5.41) is 3.30. The summed E-state index contributed by atoms with van der Waals surface area (Å²) >= 11 is 6.12. The molecule has 1 heterocycles. The minimum absolute atomic E-state index is 0.195. The molecule has 0 spiro atoms. The van der Waals surface area contributed by atoms with Crippen LogP contribution in [0.3, 0.4) is 0 Å². The zero-order valence-electron chi connectivity index (χ0n) is 17.0. The van der Waals surface area contributed by atoms with E-state index in [-0.39, 0.29) is 11.7 Å². The van der Waals surface area contributed by atoms with Crippen molar-refractivity contribution in [2.24, 2.45) is 0 Å². The van der Waals surface area contributed by atoms with E-state index < -0.39 is 0 Å². The molecule has 6 heteroatoms. The third-order valence-electron chi connectivity index (χ3n) is 5.24. The number of hydrogen-bond acceptors (Lipinski definition) is 4. The molecule has 1 fully saturated rings. The summed E-state index contributed by atoms with van der Waals surface area (Å²) in [5.41, 5.74) is 2.99. The molecule has 0 atom stereocenters. The highest BCUT2D eigenvalue weighted by molar-refractivity contribution is 6.31. The van der Waals surface area contributed by atoms with Gasteiger partial charge in [-0.1, -0.05) is 54.1 Å². The molecule has 0 aliphatic carbocycles. The van der Waals surface area contributed by atoms with Crippen LogP contribution in [0.15, 0.2) is 72.8 Å². The third-order valence-corrected chi connectivity index (χ3v) is 5.47. The number of rotatable bonds is 6. The second-order valence-corrected chi connectivity index (χ2v) is 7.86. The molecule has 1 amide bonds. The molecular formula is C25H23ClN2O3. The van der Waals surface area contributed by atoms with Crippen LogP contribution < -0.4 is 5.32 Å². The van der Waals surface area contributed by atoms with Crippen molar-refractivity contribution in [3.8, 4) is 0 Å². The van der Waals surface area contributed by atoms with Gasteiger partial charge in [0, 0.05) is 41.3 Å². The summed E-state index contributed by atoms with van der Waals surface area (Å²) in [6, 6.07) is 21.3. The Morgan fingerprint density at radius 1 is 0.903 bits per heavy atom. The molecule has 3 aromatic carbocycles. The summed E-state index contributed by atoms with van der Waals surface area (Å²) < 4.78 is 5.38. The van der Waals surface area contributed by atoms with Gasteiger partial charge in [-0.25, -0.2) is 0 Å². The van der Waals surface area contributed by atoms with E-state index in [0.717, 1.165) is 38.4 Å². The molecule has 0 bridgehead atoms. The maximum Gasteiger partial charge on any atom is 0.255 e. The van der Waals surface area contributed by atoms with E-state index >= 15 is 0 Å². The molecule has 0 radical (unpaired) electrons. The third kappa shape index (κ3) is 5.39. The average molecular weight is 435 g/mol. The number of ether oxygens (including phenoxy) is 1. The van der Waals surface area contributed by atoms with Crippen molar-refractivity contribution >= 4 is 29.0 Å². The Hall–Kier alpha value is -2.99. The van der Waals surface area contributed by atoms with E-state index in [1.165, 1.54) is 0 Å². The molecule has 0 saturated carbocycles. The van der Waals surface area contributed by atoms with Gasteiger partial charge in [0.2, 0.25) is 0 Å². The summed E-state index contributed by atoms with van der Waals surface area (Å²) in [4.78, 5) is 28.1. The Morgan fingerprint density at radius 2 is 1.61 bits per heavy atom. The second-order valence-electron chi connectivity index (χ2n) is 7.42. The van der Waals surface area contributed by atoms with Crippen LogP contribution in [0, 0.1) is 0 Å². The van der Waals surface area contributed by atoms with Crippen molar-refractivity contribution in [3.63, 3.8) is 0 Å². The average Bonchev–Trinajstić information content (AvgIpc) is 2.81. The van der Waals surface area contributed by atoms with Crippen molar-refractivity contribution in [1.82, 2.24) is 4.90 Å². The van der Waals surface area contributed by atoms with Crippen LogP contribution in [0.2, 0.25) is 5.02 Å². The van der Waals surface area contributed by atoms with Gasteiger partial charge in [-0.15, -0.1) is 0 Å². The number of nitrogens with one attached hydrogen (secondary N) is 1. The van der Waals surface area contributed by atoms with Gasteiger partial charge >= 0.3 is 0 Å².